The van der Waals surface area contributed by atoms with Gasteiger partial charge in [-0.25, -0.2) is 4.79 Å². The van der Waals surface area contributed by atoms with Gasteiger partial charge in [0, 0.05) is 6.42 Å². The lowest BCUT2D eigenvalue weighted by molar-refractivity contribution is -0.150. The van der Waals surface area contributed by atoms with Crippen molar-refractivity contribution < 1.29 is 19.4 Å². The van der Waals surface area contributed by atoms with Gasteiger partial charge in [0.2, 0.25) is 0 Å². The van der Waals surface area contributed by atoms with Crippen molar-refractivity contribution in [3.8, 4) is 5.75 Å². The molecule has 0 unspecified atom stereocenters. The Bertz CT molecular complexity index is 387. The number of hydrogen-bond acceptors (Lipinski definition) is 3. The van der Waals surface area contributed by atoms with Gasteiger partial charge in [-0.15, -0.1) is 0 Å². The van der Waals surface area contributed by atoms with Crippen LogP contribution in [0.3, 0.4) is 0 Å². The molecule has 0 aliphatic carbocycles. The monoisotopic (exact) mass is 252 g/mol. The van der Waals surface area contributed by atoms with Crippen LogP contribution in [0.4, 0.5) is 0 Å². The molecule has 0 saturated heterocycles. The molecule has 100 valence electrons. The summed E-state index contributed by atoms with van der Waals surface area (Å²) in [6.45, 7) is 4.41. The van der Waals surface area contributed by atoms with Crippen molar-refractivity contribution in [2.45, 2.75) is 26.4 Å². The van der Waals surface area contributed by atoms with E-state index in [4.69, 9.17) is 14.6 Å². The molecule has 1 N–H and O–H groups in total. The lowest BCUT2D eigenvalue weighted by Gasteiger charge is -2.16. The van der Waals surface area contributed by atoms with Gasteiger partial charge >= 0.3 is 5.97 Å². The zero-order valence-electron chi connectivity index (χ0n) is 11.1. The van der Waals surface area contributed by atoms with Crippen LogP contribution in [-0.2, 0) is 16.0 Å². The third-order valence-electron chi connectivity index (χ3n) is 2.50. The fraction of sp³-hybridized carbons (Fsp3) is 0.500. The standard InChI is InChI=1S/C14H20O4/c1-10(2)9-18-13(14(15)16)8-11-6-4-5-7-12(11)17-3/h4-7,10,13H,8-9H2,1-3H3,(H,15,16)/t13-/m1/s1. The van der Waals surface area contributed by atoms with Crippen molar-refractivity contribution in [2.24, 2.45) is 5.92 Å². The number of methoxy groups -OCH3 is 1. The number of aliphatic carboxylic acids is 1. The lowest BCUT2D eigenvalue weighted by Crippen LogP contribution is -2.28. The Balaban J connectivity index is 2.73. The SMILES string of the molecule is COc1ccccc1C[C@@H](OCC(C)C)C(=O)O. The third-order valence-corrected chi connectivity index (χ3v) is 2.50. The first-order valence-electron chi connectivity index (χ1n) is 6.01. The highest BCUT2D eigenvalue weighted by atomic mass is 16.5. The lowest BCUT2D eigenvalue weighted by atomic mass is 10.1. The largest absolute Gasteiger partial charge is 0.496 e. The minimum absolute atomic E-state index is 0.310. The highest BCUT2D eigenvalue weighted by molar-refractivity contribution is 5.73. The number of carboxylic acids is 1. The van der Waals surface area contributed by atoms with E-state index in [1.807, 2.05) is 38.1 Å². The van der Waals surface area contributed by atoms with E-state index in [9.17, 15) is 4.79 Å². The van der Waals surface area contributed by atoms with Crippen LogP contribution in [0, 0.1) is 5.92 Å². The van der Waals surface area contributed by atoms with Crippen molar-refractivity contribution >= 4 is 5.97 Å². The molecule has 0 amide bonds. The summed E-state index contributed by atoms with van der Waals surface area (Å²) in [5.41, 5.74) is 0.844. The number of ether oxygens (including phenoxy) is 2. The molecule has 0 fully saturated rings. The summed E-state index contributed by atoms with van der Waals surface area (Å²) >= 11 is 0. The Labute approximate surface area is 108 Å². The molecule has 18 heavy (non-hydrogen) atoms. The van der Waals surface area contributed by atoms with E-state index in [2.05, 4.69) is 0 Å². The molecule has 0 aromatic heterocycles. The van der Waals surface area contributed by atoms with Gasteiger partial charge in [-0.2, -0.15) is 0 Å². The first-order chi connectivity index (χ1) is 8.54. The van der Waals surface area contributed by atoms with Crippen LogP contribution in [0.2, 0.25) is 0 Å². The van der Waals surface area contributed by atoms with Crippen LogP contribution in [0.25, 0.3) is 0 Å². The van der Waals surface area contributed by atoms with Crippen LogP contribution < -0.4 is 4.74 Å². The van der Waals surface area contributed by atoms with Crippen molar-refractivity contribution in [3.05, 3.63) is 29.8 Å². The third kappa shape index (κ3) is 4.37. The number of carboxylic acid groups (broad SMARTS) is 1. The van der Waals surface area contributed by atoms with Gasteiger partial charge in [0.1, 0.15) is 5.75 Å². The van der Waals surface area contributed by atoms with Crippen molar-refractivity contribution in [2.75, 3.05) is 13.7 Å². The van der Waals surface area contributed by atoms with Gasteiger partial charge in [0.15, 0.2) is 6.10 Å². The van der Waals surface area contributed by atoms with E-state index in [0.717, 1.165) is 5.56 Å². The van der Waals surface area contributed by atoms with Gasteiger partial charge in [0.25, 0.3) is 0 Å². The summed E-state index contributed by atoms with van der Waals surface area (Å²) < 4.78 is 10.6. The van der Waals surface area contributed by atoms with E-state index in [1.54, 1.807) is 7.11 Å². The number of benzene rings is 1. The molecule has 0 aliphatic rings. The molecule has 1 rings (SSSR count). The molecule has 1 aromatic rings. The molecule has 0 bridgehead atoms. The molecule has 1 aromatic carbocycles. The maximum Gasteiger partial charge on any atom is 0.333 e. The predicted molar refractivity (Wildman–Crippen MR) is 68.9 cm³/mol. The fourth-order valence-electron chi connectivity index (χ4n) is 1.60. The second-order valence-electron chi connectivity index (χ2n) is 4.57. The van der Waals surface area contributed by atoms with Crippen LogP contribution in [0.5, 0.6) is 5.75 Å². The van der Waals surface area contributed by atoms with Gasteiger partial charge in [0.05, 0.1) is 13.7 Å². The summed E-state index contributed by atoms with van der Waals surface area (Å²) in [7, 11) is 1.57. The summed E-state index contributed by atoms with van der Waals surface area (Å²) in [4.78, 5) is 11.2. The van der Waals surface area contributed by atoms with Gasteiger partial charge in [-0.05, 0) is 17.5 Å². The molecular weight excluding hydrogens is 232 g/mol. The van der Waals surface area contributed by atoms with E-state index in [-0.39, 0.29) is 0 Å². The average Bonchev–Trinajstić information content (AvgIpc) is 2.34. The number of hydrogen-bond donors (Lipinski definition) is 1. The normalized spacial score (nSPS) is 12.4. The summed E-state index contributed by atoms with van der Waals surface area (Å²) in [6, 6.07) is 7.39. The molecule has 1 atom stereocenters. The number of carbonyl (C=O) groups is 1. The molecule has 0 spiro atoms. The second-order valence-corrected chi connectivity index (χ2v) is 4.57. The molecule has 0 aliphatic heterocycles. The van der Waals surface area contributed by atoms with Crippen LogP contribution in [-0.4, -0.2) is 30.9 Å². The van der Waals surface area contributed by atoms with Gasteiger partial charge in [-0.3, -0.25) is 0 Å². The summed E-state index contributed by atoms with van der Waals surface area (Å²) in [6.07, 6.45) is -0.518. The number of para-hydroxylation sites is 1. The van der Waals surface area contributed by atoms with E-state index in [0.29, 0.717) is 24.7 Å². The van der Waals surface area contributed by atoms with Gasteiger partial charge < -0.3 is 14.6 Å². The number of rotatable bonds is 7. The molecule has 4 nitrogen and oxygen atoms in total. The average molecular weight is 252 g/mol. The Hall–Kier alpha value is -1.55. The Morgan fingerprint density at radius 3 is 2.56 bits per heavy atom. The first-order valence-corrected chi connectivity index (χ1v) is 6.01. The Morgan fingerprint density at radius 2 is 2.00 bits per heavy atom. The quantitative estimate of drug-likeness (QED) is 0.809. The summed E-state index contributed by atoms with van der Waals surface area (Å²) in [5, 5.41) is 9.15. The fourth-order valence-corrected chi connectivity index (χ4v) is 1.60. The van der Waals surface area contributed by atoms with Crippen LogP contribution >= 0.6 is 0 Å². The highest BCUT2D eigenvalue weighted by Crippen LogP contribution is 2.20. The van der Waals surface area contributed by atoms with Crippen molar-refractivity contribution in [1.29, 1.82) is 0 Å². The van der Waals surface area contributed by atoms with E-state index < -0.39 is 12.1 Å². The Kier molecular flexibility index (Phi) is 5.65. The molecule has 0 saturated carbocycles. The van der Waals surface area contributed by atoms with Crippen LogP contribution in [0.15, 0.2) is 24.3 Å². The molecule has 4 heteroatoms. The van der Waals surface area contributed by atoms with Crippen LogP contribution in [0.1, 0.15) is 19.4 Å². The van der Waals surface area contributed by atoms with Gasteiger partial charge in [-0.1, -0.05) is 32.0 Å². The van der Waals surface area contributed by atoms with Crippen molar-refractivity contribution in [1.82, 2.24) is 0 Å². The van der Waals surface area contributed by atoms with Crippen molar-refractivity contribution in [3.63, 3.8) is 0 Å². The maximum absolute atomic E-state index is 11.2. The minimum atomic E-state index is -0.943. The molecule has 0 radical (unpaired) electrons. The predicted octanol–water partition coefficient (Wildman–Crippen LogP) is 2.36. The molecular formula is C14H20O4. The first kappa shape index (κ1) is 14.5. The highest BCUT2D eigenvalue weighted by Gasteiger charge is 2.20. The topological polar surface area (TPSA) is 55.8 Å². The zero-order chi connectivity index (χ0) is 13.5. The Morgan fingerprint density at radius 1 is 1.33 bits per heavy atom. The maximum atomic E-state index is 11.2. The minimum Gasteiger partial charge on any atom is -0.496 e. The van der Waals surface area contributed by atoms with E-state index >= 15 is 0 Å². The van der Waals surface area contributed by atoms with E-state index in [1.165, 1.54) is 0 Å². The summed E-state index contributed by atoms with van der Waals surface area (Å²) in [5.74, 6) is 0.0583. The zero-order valence-corrected chi connectivity index (χ0v) is 11.1. The molecule has 0 heterocycles. The second kappa shape index (κ2) is 7.01. The smallest absolute Gasteiger partial charge is 0.333 e.